The first-order chi connectivity index (χ1) is 8.49. The van der Waals surface area contributed by atoms with E-state index in [0.717, 1.165) is 30.3 Å². The normalized spacial score (nSPS) is 10.3. The van der Waals surface area contributed by atoms with Crippen LogP contribution in [0.3, 0.4) is 0 Å². The van der Waals surface area contributed by atoms with Crippen LogP contribution in [0.5, 0.6) is 0 Å². The van der Waals surface area contributed by atoms with Crippen molar-refractivity contribution < 1.29 is 27.9 Å². The molecule has 0 fully saturated rings. The minimum Gasteiger partial charge on any atom is -0.475 e. The van der Waals surface area contributed by atoms with Gasteiger partial charge in [-0.3, -0.25) is 4.79 Å². The summed E-state index contributed by atoms with van der Waals surface area (Å²) in [6.45, 7) is 0. The fourth-order valence-electron chi connectivity index (χ4n) is 1.35. The molecule has 1 aromatic carbocycles. The van der Waals surface area contributed by atoms with Crippen LogP contribution in [0, 0.1) is 11.6 Å². The van der Waals surface area contributed by atoms with Crippen molar-refractivity contribution in [2.45, 2.75) is 0 Å². The first-order valence-corrected chi connectivity index (χ1v) is 4.82. The lowest BCUT2D eigenvalue weighted by molar-refractivity contribution is 0.0660. The van der Waals surface area contributed by atoms with Crippen molar-refractivity contribution in [3.05, 3.63) is 59.1 Å². The average Bonchev–Trinajstić information content (AvgIpc) is 2.81. The zero-order valence-electron chi connectivity index (χ0n) is 8.81. The van der Waals surface area contributed by atoms with E-state index in [1.54, 1.807) is 0 Å². The Hall–Kier alpha value is -2.50. The molecule has 0 atom stereocenters. The number of hydrogen-bond acceptors (Lipinski definition) is 3. The predicted octanol–water partition coefficient (Wildman–Crippen LogP) is 2.49. The van der Waals surface area contributed by atoms with Crippen LogP contribution in [-0.4, -0.2) is 16.9 Å². The largest absolute Gasteiger partial charge is 0.475 e. The van der Waals surface area contributed by atoms with E-state index < -0.39 is 29.1 Å². The molecule has 0 aliphatic heterocycles. The highest BCUT2D eigenvalue weighted by Crippen LogP contribution is 2.16. The number of halogens is 2. The Morgan fingerprint density at radius 1 is 1.00 bits per heavy atom. The van der Waals surface area contributed by atoms with Gasteiger partial charge in [0, 0.05) is 5.56 Å². The van der Waals surface area contributed by atoms with Crippen LogP contribution in [-0.2, 0) is 0 Å². The van der Waals surface area contributed by atoms with E-state index in [-0.39, 0.29) is 11.3 Å². The van der Waals surface area contributed by atoms with Gasteiger partial charge in [-0.25, -0.2) is 13.6 Å². The molecule has 0 amide bonds. The topological polar surface area (TPSA) is 67.5 Å². The highest BCUT2D eigenvalue weighted by molar-refractivity contribution is 6.07. The quantitative estimate of drug-likeness (QED) is 0.852. The van der Waals surface area contributed by atoms with Gasteiger partial charge in [-0.2, -0.15) is 0 Å². The van der Waals surface area contributed by atoms with Crippen LogP contribution in [0.25, 0.3) is 0 Å². The molecule has 0 aliphatic carbocycles. The molecule has 2 aromatic rings. The van der Waals surface area contributed by atoms with Crippen molar-refractivity contribution in [1.82, 2.24) is 0 Å². The van der Waals surface area contributed by atoms with Crippen molar-refractivity contribution in [2.75, 3.05) is 0 Å². The Bertz CT molecular complexity index is 631. The van der Waals surface area contributed by atoms with E-state index in [2.05, 4.69) is 0 Å². The highest BCUT2D eigenvalue weighted by Gasteiger charge is 2.17. The maximum absolute atomic E-state index is 12.9. The van der Waals surface area contributed by atoms with Crippen LogP contribution >= 0.6 is 0 Å². The van der Waals surface area contributed by atoms with Crippen molar-refractivity contribution in [3.63, 3.8) is 0 Å². The second kappa shape index (κ2) is 4.40. The summed E-state index contributed by atoms with van der Waals surface area (Å²) >= 11 is 0. The summed E-state index contributed by atoms with van der Waals surface area (Å²) in [7, 11) is 0. The third-order valence-electron chi connectivity index (χ3n) is 2.22. The van der Waals surface area contributed by atoms with E-state index in [4.69, 9.17) is 9.52 Å². The van der Waals surface area contributed by atoms with Gasteiger partial charge in [0.15, 0.2) is 17.4 Å². The number of rotatable bonds is 3. The number of furan rings is 1. The smallest absolute Gasteiger partial charge is 0.371 e. The summed E-state index contributed by atoms with van der Waals surface area (Å²) in [6.07, 6.45) is 0. The van der Waals surface area contributed by atoms with Crippen molar-refractivity contribution >= 4 is 11.8 Å². The molecule has 1 N–H and O–H groups in total. The van der Waals surface area contributed by atoms with Crippen molar-refractivity contribution in [3.8, 4) is 0 Å². The fraction of sp³-hybridized carbons (Fsp3) is 0. The Labute approximate surface area is 99.5 Å². The molecule has 0 spiro atoms. The number of carboxylic acid groups (broad SMARTS) is 1. The van der Waals surface area contributed by atoms with Gasteiger partial charge >= 0.3 is 5.97 Å². The molecule has 4 nitrogen and oxygen atoms in total. The van der Waals surface area contributed by atoms with E-state index in [1.165, 1.54) is 0 Å². The number of carbonyl (C=O) groups is 2. The molecule has 0 bridgehead atoms. The summed E-state index contributed by atoms with van der Waals surface area (Å²) in [6, 6.07) is 4.89. The second-order valence-electron chi connectivity index (χ2n) is 3.43. The second-order valence-corrected chi connectivity index (χ2v) is 3.43. The fourth-order valence-corrected chi connectivity index (χ4v) is 1.35. The monoisotopic (exact) mass is 252 g/mol. The van der Waals surface area contributed by atoms with Gasteiger partial charge in [0.2, 0.25) is 11.5 Å². The molecule has 0 saturated carbocycles. The molecule has 2 rings (SSSR count). The standard InChI is InChI=1S/C12H6F2O4/c13-7-2-1-6(5-8(7)14)11(15)9-3-4-10(18-9)12(16)17/h1-5H,(H,16,17). The highest BCUT2D eigenvalue weighted by atomic mass is 19.2. The Morgan fingerprint density at radius 3 is 2.22 bits per heavy atom. The van der Waals surface area contributed by atoms with E-state index >= 15 is 0 Å². The zero-order chi connectivity index (χ0) is 13.3. The van der Waals surface area contributed by atoms with Gasteiger partial charge in [-0.05, 0) is 30.3 Å². The van der Waals surface area contributed by atoms with Gasteiger partial charge in [-0.15, -0.1) is 0 Å². The van der Waals surface area contributed by atoms with E-state index in [9.17, 15) is 18.4 Å². The minimum atomic E-state index is -1.32. The predicted molar refractivity (Wildman–Crippen MR) is 55.5 cm³/mol. The lowest BCUT2D eigenvalue weighted by atomic mass is 10.1. The summed E-state index contributed by atoms with van der Waals surface area (Å²) in [5, 5.41) is 8.62. The van der Waals surface area contributed by atoms with Gasteiger partial charge in [-0.1, -0.05) is 0 Å². The number of benzene rings is 1. The van der Waals surface area contributed by atoms with Crippen molar-refractivity contribution in [2.24, 2.45) is 0 Å². The molecule has 92 valence electrons. The molecule has 0 radical (unpaired) electrons. The molecule has 1 aromatic heterocycles. The van der Waals surface area contributed by atoms with Crippen LogP contribution in [0.1, 0.15) is 26.7 Å². The molecule has 1 heterocycles. The number of aromatic carboxylic acids is 1. The van der Waals surface area contributed by atoms with Crippen LogP contribution in [0.2, 0.25) is 0 Å². The van der Waals surface area contributed by atoms with Crippen LogP contribution < -0.4 is 0 Å². The zero-order valence-corrected chi connectivity index (χ0v) is 8.81. The molecule has 0 saturated heterocycles. The van der Waals surface area contributed by atoms with Crippen molar-refractivity contribution in [1.29, 1.82) is 0 Å². The summed E-state index contributed by atoms with van der Waals surface area (Å²) in [4.78, 5) is 22.3. The number of ketones is 1. The maximum atomic E-state index is 12.9. The third-order valence-corrected chi connectivity index (χ3v) is 2.22. The molecular weight excluding hydrogens is 246 g/mol. The summed E-state index contributed by atoms with van der Waals surface area (Å²) in [5.41, 5.74) is -0.125. The first-order valence-electron chi connectivity index (χ1n) is 4.82. The molecule has 6 heteroatoms. The molecule has 0 aliphatic rings. The van der Waals surface area contributed by atoms with Gasteiger partial charge in [0.25, 0.3) is 0 Å². The lowest BCUT2D eigenvalue weighted by Crippen LogP contribution is -2.01. The van der Waals surface area contributed by atoms with Gasteiger partial charge < -0.3 is 9.52 Å². The molecular formula is C12H6F2O4. The lowest BCUT2D eigenvalue weighted by Gasteiger charge is -1.98. The van der Waals surface area contributed by atoms with Gasteiger partial charge in [0.05, 0.1) is 0 Å². The Balaban J connectivity index is 2.35. The van der Waals surface area contributed by atoms with Crippen LogP contribution in [0.4, 0.5) is 8.78 Å². The van der Waals surface area contributed by atoms with Gasteiger partial charge in [0.1, 0.15) is 0 Å². The number of carbonyl (C=O) groups excluding carboxylic acids is 1. The summed E-state index contributed by atoms with van der Waals surface area (Å²) in [5.74, 6) is -4.93. The van der Waals surface area contributed by atoms with Crippen LogP contribution in [0.15, 0.2) is 34.7 Å². The van der Waals surface area contributed by atoms with E-state index in [1.807, 2.05) is 0 Å². The first kappa shape index (κ1) is 12.0. The third kappa shape index (κ3) is 2.13. The maximum Gasteiger partial charge on any atom is 0.371 e. The average molecular weight is 252 g/mol. The number of carboxylic acids is 1. The Morgan fingerprint density at radius 2 is 1.67 bits per heavy atom. The van der Waals surface area contributed by atoms with E-state index in [0.29, 0.717) is 0 Å². The summed E-state index contributed by atoms with van der Waals surface area (Å²) < 4.78 is 30.4. The molecule has 0 unspecified atom stereocenters. The number of hydrogen-bond donors (Lipinski definition) is 1. The molecule has 18 heavy (non-hydrogen) atoms. The minimum absolute atomic E-state index is 0.125. The SMILES string of the molecule is O=C(O)c1ccc(C(=O)c2ccc(F)c(F)c2)o1. The Kier molecular flexibility index (Phi) is 2.93.